The first-order valence-corrected chi connectivity index (χ1v) is 9.07. The number of pyridine rings is 1. The first-order valence-electron chi connectivity index (χ1n) is 9.07. The lowest BCUT2D eigenvalue weighted by Crippen LogP contribution is -2.38. The zero-order chi connectivity index (χ0) is 18.6. The van der Waals surface area contributed by atoms with Gasteiger partial charge < -0.3 is 14.6 Å². The lowest BCUT2D eigenvalue weighted by Gasteiger charge is -2.32. The zero-order valence-electron chi connectivity index (χ0n) is 15.3. The number of hydrogen-bond acceptors (Lipinski definition) is 4. The summed E-state index contributed by atoms with van der Waals surface area (Å²) < 4.78 is 5.25. The van der Waals surface area contributed by atoms with E-state index in [9.17, 15) is 4.79 Å². The van der Waals surface area contributed by atoms with Crippen LogP contribution in [0.5, 0.6) is 5.75 Å². The molecule has 0 aliphatic carbocycles. The smallest absolute Gasteiger partial charge is 0.223 e. The van der Waals surface area contributed by atoms with E-state index in [2.05, 4.69) is 15.0 Å². The molecule has 1 unspecified atom stereocenters. The monoisotopic (exact) mass is 362 g/mol. The Bertz CT molecular complexity index is 905. The molecule has 0 bridgehead atoms. The van der Waals surface area contributed by atoms with Gasteiger partial charge in [-0.3, -0.25) is 9.78 Å². The van der Waals surface area contributed by atoms with Gasteiger partial charge in [0, 0.05) is 31.3 Å². The van der Waals surface area contributed by atoms with Gasteiger partial charge in [-0.25, -0.2) is 4.98 Å². The molecule has 0 saturated heterocycles. The molecule has 6 nitrogen and oxygen atoms in total. The van der Waals surface area contributed by atoms with Crippen LogP contribution in [0.15, 0.2) is 55.1 Å². The molecular formula is C21H22N4O2. The van der Waals surface area contributed by atoms with Crippen LogP contribution in [0.4, 0.5) is 0 Å². The van der Waals surface area contributed by atoms with E-state index in [1.807, 2.05) is 47.5 Å². The van der Waals surface area contributed by atoms with Gasteiger partial charge in [-0.2, -0.15) is 0 Å². The number of benzene rings is 1. The van der Waals surface area contributed by atoms with E-state index in [1.54, 1.807) is 19.6 Å². The quantitative estimate of drug-likeness (QED) is 0.758. The molecule has 0 saturated carbocycles. The molecular weight excluding hydrogens is 340 g/mol. The molecule has 3 heterocycles. The van der Waals surface area contributed by atoms with Gasteiger partial charge in [-0.05, 0) is 35.7 Å². The van der Waals surface area contributed by atoms with Crippen molar-refractivity contribution in [3.05, 3.63) is 77.6 Å². The molecule has 1 aromatic carbocycles. The van der Waals surface area contributed by atoms with E-state index < -0.39 is 0 Å². The average Bonchev–Trinajstić information content (AvgIpc) is 3.21. The summed E-state index contributed by atoms with van der Waals surface area (Å²) in [4.78, 5) is 26.6. The second kappa shape index (κ2) is 7.61. The van der Waals surface area contributed by atoms with Crippen LogP contribution in [0.2, 0.25) is 0 Å². The minimum absolute atomic E-state index is 0.0632. The van der Waals surface area contributed by atoms with Crippen LogP contribution in [0, 0.1) is 0 Å². The third kappa shape index (κ3) is 3.69. The summed E-state index contributed by atoms with van der Waals surface area (Å²) in [6, 6.07) is 11.9. The number of nitrogens with one attached hydrogen (secondary N) is 1. The van der Waals surface area contributed by atoms with E-state index in [4.69, 9.17) is 4.74 Å². The van der Waals surface area contributed by atoms with Gasteiger partial charge in [-0.1, -0.05) is 18.2 Å². The van der Waals surface area contributed by atoms with Gasteiger partial charge >= 0.3 is 0 Å². The summed E-state index contributed by atoms with van der Waals surface area (Å²) in [6.07, 6.45) is 6.45. The highest BCUT2D eigenvalue weighted by Crippen LogP contribution is 2.32. The Morgan fingerprint density at radius 3 is 2.89 bits per heavy atom. The molecule has 1 N–H and O–H groups in total. The molecule has 1 atom stereocenters. The van der Waals surface area contributed by atoms with E-state index in [0.29, 0.717) is 25.9 Å². The van der Waals surface area contributed by atoms with Gasteiger partial charge in [0.25, 0.3) is 0 Å². The first kappa shape index (κ1) is 17.3. The van der Waals surface area contributed by atoms with Crippen molar-refractivity contribution in [3.8, 4) is 5.75 Å². The third-order valence-corrected chi connectivity index (χ3v) is 5.05. The second-order valence-electron chi connectivity index (χ2n) is 6.73. The van der Waals surface area contributed by atoms with Gasteiger partial charge in [0.1, 0.15) is 5.75 Å². The minimum atomic E-state index is 0.0632. The maximum atomic E-state index is 12.8. The zero-order valence-corrected chi connectivity index (χ0v) is 15.3. The molecule has 1 aliphatic heterocycles. The average molecular weight is 362 g/mol. The Morgan fingerprint density at radius 2 is 2.15 bits per heavy atom. The van der Waals surface area contributed by atoms with E-state index >= 15 is 0 Å². The first-order chi connectivity index (χ1) is 13.2. The topological polar surface area (TPSA) is 71.1 Å². The van der Waals surface area contributed by atoms with Crippen LogP contribution in [-0.4, -0.2) is 39.4 Å². The normalized spacial score (nSPS) is 16.0. The minimum Gasteiger partial charge on any atom is -0.497 e. The summed E-state index contributed by atoms with van der Waals surface area (Å²) in [6.45, 7) is 1.21. The molecule has 0 fully saturated rings. The molecule has 2 aromatic heterocycles. The molecule has 0 radical (unpaired) electrons. The number of hydrogen-bond donors (Lipinski definition) is 1. The number of methoxy groups -OCH3 is 1. The lowest BCUT2D eigenvalue weighted by molar-refractivity contribution is -0.132. The van der Waals surface area contributed by atoms with Crippen LogP contribution in [0.25, 0.3) is 0 Å². The SMILES string of the molecule is COc1ccc(C2CN(C(=O)CCc3cccnc3)Cc3[nH]cnc32)cc1. The Morgan fingerprint density at radius 1 is 1.30 bits per heavy atom. The number of imidazole rings is 1. The van der Waals surface area contributed by atoms with Gasteiger partial charge in [0.05, 0.1) is 31.4 Å². The maximum absolute atomic E-state index is 12.8. The number of aryl methyl sites for hydroxylation is 1. The fraction of sp³-hybridized carbons (Fsp3) is 0.286. The number of amides is 1. The highest BCUT2D eigenvalue weighted by Gasteiger charge is 2.31. The summed E-state index contributed by atoms with van der Waals surface area (Å²) in [7, 11) is 1.66. The lowest BCUT2D eigenvalue weighted by atomic mass is 9.90. The Hall–Kier alpha value is -3.15. The molecule has 138 valence electrons. The molecule has 4 rings (SSSR count). The molecule has 3 aromatic rings. The summed E-state index contributed by atoms with van der Waals surface area (Å²) in [5, 5.41) is 0. The third-order valence-electron chi connectivity index (χ3n) is 5.05. The molecule has 1 aliphatic rings. The Balaban J connectivity index is 1.51. The van der Waals surface area contributed by atoms with Crippen LogP contribution in [0.1, 0.15) is 34.9 Å². The van der Waals surface area contributed by atoms with Crippen molar-refractivity contribution >= 4 is 5.91 Å². The van der Waals surface area contributed by atoms with Crippen molar-refractivity contribution in [2.45, 2.75) is 25.3 Å². The van der Waals surface area contributed by atoms with Gasteiger partial charge in [0.15, 0.2) is 0 Å². The fourth-order valence-electron chi connectivity index (χ4n) is 3.57. The number of carbonyl (C=O) groups excluding carboxylic acids is 1. The number of aromatic nitrogens is 3. The predicted octanol–water partition coefficient (Wildman–Crippen LogP) is 2.92. The van der Waals surface area contributed by atoms with Crippen molar-refractivity contribution in [3.63, 3.8) is 0 Å². The van der Waals surface area contributed by atoms with Gasteiger partial charge in [-0.15, -0.1) is 0 Å². The van der Waals surface area contributed by atoms with Crippen molar-refractivity contribution in [1.29, 1.82) is 0 Å². The van der Waals surface area contributed by atoms with Crippen LogP contribution in [-0.2, 0) is 17.8 Å². The largest absolute Gasteiger partial charge is 0.497 e. The van der Waals surface area contributed by atoms with Gasteiger partial charge in [0.2, 0.25) is 5.91 Å². The highest BCUT2D eigenvalue weighted by molar-refractivity contribution is 5.77. The number of nitrogens with zero attached hydrogens (tertiary/aromatic N) is 3. The van der Waals surface area contributed by atoms with E-state index in [0.717, 1.165) is 28.3 Å². The summed E-state index contributed by atoms with van der Waals surface area (Å²) in [5.74, 6) is 1.03. The molecule has 1 amide bonds. The maximum Gasteiger partial charge on any atom is 0.223 e. The van der Waals surface area contributed by atoms with Crippen molar-refractivity contribution in [2.75, 3.05) is 13.7 Å². The van der Waals surface area contributed by atoms with Crippen molar-refractivity contribution in [2.24, 2.45) is 0 Å². The van der Waals surface area contributed by atoms with Crippen LogP contribution in [0.3, 0.4) is 0 Å². The van der Waals surface area contributed by atoms with Crippen molar-refractivity contribution < 1.29 is 9.53 Å². The Kier molecular flexibility index (Phi) is 4.87. The van der Waals surface area contributed by atoms with E-state index in [-0.39, 0.29) is 11.8 Å². The molecule has 27 heavy (non-hydrogen) atoms. The Labute approximate surface area is 158 Å². The predicted molar refractivity (Wildman–Crippen MR) is 101 cm³/mol. The van der Waals surface area contributed by atoms with Crippen LogP contribution < -0.4 is 4.74 Å². The highest BCUT2D eigenvalue weighted by atomic mass is 16.5. The number of carbonyl (C=O) groups is 1. The second-order valence-corrected chi connectivity index (χ2v) is 6.73. The number of fused-ring (bicyclic) bond motifs is 1. The number of aromatic amines is 1. The standard InChI is InChI=1S/C21H22N4O2/c1-27-17-7-5-16(6-8-17)18-12-25(13-19-21(18)24-14-23-19)20(26)9-4-15-3-2-10-22-11-15/h2-3,5-8,10-11,14,18H,4,9,12-13H2,1H3,(H,23,24). The molecule has 0 spiro atoms. The number of ether oxygens (including phenoxy) is 1. The van der Waals surface area contributed by atoms with E-state index in [1.165, 1.54) is 0 Å². The van der Waals surface area contributed by atoms with Crippen molar-refractivity contribution in [1.82, 2.24) is 19.9 Å². The van der Waals surface area contributed by atoms with Crippen LogP contribution >= 0.6 is 0 Å². The molecule has 6 heteroatoms. The summed E-state index contributed by atoms with van der Waals surface area (Å²) in [5.41, 5.74) is 4.25. The number of H-pyrrole nitrogens is 1. The summed E-state index contributed by atoms with van der Waals surface area (Å²) >= 11 is 0. The fourth-order valence-corrected chi connectivity index (χ4v) is 3.57. The number of rotatable bonds is 5.